The molecule has 8 amide bonds. The number of nitrogens with two attached hydrogens (primary N) is 3. The van der Waals surface area contributed by atoms with Crippen molar-refractivity contribution in [1.82, 2.24) is 52.2 Å². The Balaban J connectivity index is 1.55. The molecule has 0 unspecified atom stereocenters. The number of Topliss-reactive ketones (excluding diaryl/α,β-unsaturated/α-hetero) is 1. The fourth-order valence-electron chi connectivity index (χ4n) is 8.11. The number of benzene rings is 2. The molecule has 1 fully saturated rings. The number of amides is 8. The zero-order chi connectivity index (χ0) is 51.5. The Labute approximate surface area is 409 Å². The van der Waals surface area contributed by atoms with Crippen molar-refractivity contribution in [2.24, 2.45) is 28.1 Å². The summed E-state index contributed by atoms with van der Waals surface area (Å²) in [7, 11) is 0. The molecule has 1 aliphatic heterocycles. The molecule has 1 saturated heterocycles. The van der Waals surface area contributed by atoms with Crippen LogP contribution in [-0.4, -0.2) is 123 Å². The molecule has 0 bridgehead atoms. The van der Waals surface area contributed by atoms with Gasteiger partial charge in [0.05, 0.1) is 18.8 Å². The Morgan fingerprint density at radius 3 is 2.24 bits per heavy atom. The number of hydrogen-bond acceptors (Lipinski definition) is 11. The van der Waals surface area contributed by atoms with Crippen molar-refractivity contribution in [3.8, 4) is 0 Å². The van der Waals surface area contributed by atoms with E-state index in [1.807, 2.05) is 25.1 Å². The third-order valence-electron chi connectivity index (χ3n) is 11.9. The molecule has 0 spiro atoms. The van der Waals surface area contributed by atoms with Crippen LogP contribution >= 0.6 is 0 Å². The van der Waals surface area contributed by atoms with Gasteiger partial charge in [0.15, 0.2) is 11.7 Å². The van der Waals surface area contributed by atoms with E-state index in [0.29, 0.717) is 29.7 Å². The van der Waals surface area contributed by atoms with Crippen LogP contribution in [0.4, 0.5) is 0 Å². The number of unbranched alkanes of at least 4 members (excludes halogenated alkanes) is 1. The summed E-state index contributed by atoms with van der Waals surface area (Å²) in [6.45, 7) is 2.57. The van der Waals surface area contributed by atoms with Crippen molar-refractivity contribution < 1.29 is 43.2 Å². The van der Waals surface area contributed by atoms with Crippen LogP contribution in [0.5, 0.6) is 0 Å². The minimum atomic E-state index is -1.68. The fourth-order valence-corrected chi connectivity index (χ4v) is 8.11. The van der Waals surface area contributed by atoms with Crippen molar-refractivity contribution in [2.75, 3.05) is 13.1 Å². The second-order valence-electron chi connectivity index (χ2n) is 17.5. The van der Waals surface area contributed by atoms with E-state index in [4.69, 9.17) is 17.2 Å². The van der Waals surface area contributed by atoms with Gasteiger partial charge in [-0.2, -0.15) is 0 Å². The highest BCUT2D eigenvalue weighted by Crippen LogP contribution is 2.20. The second-order valence-corrected chi connectivity index (χ2v) is 17.5. The zero-order valence-electron chi connectivity index (χ0n) is 39.8. The lowest BCUT2D eigenvalue weighted by Crippen LogP contribution is -2.59. The van der Waals surface area contributed by atoms with Crippen LogP contribution in [0.25, 0.3) is 10.9 Å². The first-order chi connectivity index (χ1) is 34.0. The van der Waals surface area contributed by atoms with Gasteiger partial charge < -0.3 is 64.4 Å². The molecule has 23 heteroatoms. The highest BCUT2D eigenvalue weighted by Gasteiger charge is 2.36. The van der Waals surface area contributed by atoms with E-state index in [-0.39, 0.29) is 51.0 Å². The Kier molecular flexibility index (Phi) is 20.2. The van der Waals surface area contributed by atoms with Crippen molar-refractivity contribution in [3.05, 3.63) is 90.1 Å². The summed E-state index contributed by atoms with van der Waals surface area (Å²) in [5.41, 5.74) is 19.4. The molecular formula is C48H64N14O9. The molecule has 3 heterocycles. The predicted octanol–water partition coefficient (Wildman–Crippen LogP) is -1.33. The van der Waals surface area contributed by atoms with E-state index in [0.717, 1.165) is 10.9 Å². The first-order valence-corrected chi connectivity index (χ1v) is 23.5. The number of para-hydroxylation sites is 1. The quantitative estimate of drug-likeness (QED) is 0.0296. The van der Waals surface area contributed by atoms with Crippen LogP contribution < -0.4 is 54.4 Å². The zero-order valence-corrected chi connectivity index (χ0v) is 39.8. The molecule has 4 aromatic rings. The summed E-state index contributed by atoms with van der Waals surface area (Å²) in [5.74, 6) is -8.56. The molecule has 0 aliphatic carbocycles. The topological polar surface area (TPSA) is 373 Å². The van der Waals surface area contributed by atoms with Crippen molar-refractivity contribution in [1.29, 1.82) is 0 Å². The SMILES string of the molecule is CCCC[C@H](NC(C)=O)C(=O)N[C@H]1CC(=O)NC[C@@H](C(=O)N[C@@H](Cc2c[nH]c3ccccc23)C(N)=O)NC(=O)[C@H](CCCN=C(N)N)CC(=O)[C@@H](Cc2ccccc2)NC(=O)[C@H](Cc2cnc[nH]2)NC1=O. The molecule has 2 aromatic carbocycles. The molecule has 15 N–H and O–H groups in total. The number of ketones is 1. The lowest BCUT2D eigenvalue weighted by atomic mass is 9.90. The molecule has 71 heavy (non-hydrogen) atoms. The van der Waals surface area contributed by atoms with E-state index in [2.05, 4.69) is 57.2 Å². The Morgan fingerprint density at radius 2 is 1.55 bits per heavy atom. The number of guanidine groups is 1. The number of aliphatic imine (C=N–C) groups is 1. The largest absolute Gasteiger partial charge is 0.370 e. The average molecular weight is 981 g/mol. The Morgan fingerprint density at radius 1 is 0.817 bits per heavy atom. The third kappa shape index (κ3) is 16.8. The van der Waals surface area contributed by atoms with Gasteiger partial charge in [-0.3, -0.25) is 48.1 Å². The van der Waals surface area contributed by atoms with Crippen LogP contribution in [0.15, 0.2) is 78.3 Å². The van der Waals surface area contributed by atoms with Crippen LogP contribution in [0.3, 0.4) is 0 Å². The maximum absolute atomic E-state index is 14.6. The number of fused-ring (bicyclic) bond motifs is 1. The van der Waals surface area contributed by atoms with Crippen LogP contribution in [-0.2, 0) is 62.4 Å². The highest BCUT2D eigenvalue weighted by atomic mass is 16.2. The van der Waals surface area contributed by atoms with E-state index in [1.165, 1.54) is 19.4 Å². The summed E-state index contributed by atoms with van der Waals surface area (Å²) in [6, 6.07) is 7.66. The van der Waals surface area contributed by atoms with Crippen LogP contribution in [0, 0.1) is 5.92 Å². The van der Waals surface area contributed by atoms with Gasteiger partial charge in [0, 0.05) is 74.2 Å². The average Bonchev–Trinajstić information content (AvgIpc) is 4.01. The number of hydrogen-bond donors (Lipinski definition) is 12. The molecule has 380 valence electrons. The molecule has 0 radical (unpaired) electrons. The predicted molar refractivity (Wildman–Crippen MR) is 261 cm³/mol. The van der Waals surface area contributed by atoms with Crippen molar-refractivity contribution in [3.63, 3.8) is 0 Å². The minimum absolute atomic E-state index is 0.0170. The molecule has 5 rings (SSSR count). The number of primary amides is 1. The summed E-state index contributed by atoms with van der Waals surface area (Å²) in [6.07, 6.45) is 4.59. The number of rotatable bonds is 19. The van der Waals surface area contributed by atoms with Gasteiger partial charge in [0.2, 0.25) is 47.3 Å². The van der Waals surface area contributed by atoms with E-state index >= 15 is 0 Å². The normalized spacial score (nSPS) is 20.2. The molecule has 7 atom stereocenters. The Hall–Kier alpha value is -8.11. The van der Waals surface area contributed by atoms with Crippen molar-refractivity contribution in [2.45, 2.75) is 114 Å². The van der Waals surface area contributed by atoms with E-state index in [1.54, 1.807) is 42.6 Å². The standard InChI is InChI=1S/C48H64N14O9/c1-3-4-15-34(57-27(2)63)44(68)61-38-22-41(65)55-25-39(47(71)59-36(42(49)66)19-30-23-54-33-16-9-8-14-32(30)33)62-43(67)29(13-10-17-53-48(50)51)20-40(64)35(18-28-11-6-5-7-12-28)58-45(69)37(60-46(38)70)21-31-24-52-26-56-31/h5-9,11-12,14,16,23-24,26,29,34-39,54H,3-4,10,13,15,17-22,25H2,1-2H3,(H2,49,66)(H,52,56)(H,55,65)(H,57,63)(H,58,69)(H,59,71)(H,60,70)(H,61,68)(H,62,67)(H4,50,51,53)/t29-,34+,35-,36+,37+,38+,39+/m1/s1. The van der Waals surface area contributed by atoms with Gasteiger partial charge in [-0.05, 0) is 42.9 Å². The minimum Gasteiger partial charge on any atom is -0.370 e. The first kappa shape index (κ1) is 53.8. The van der Waals surface area contributed by atoms with Crippen LogP contribution in [0.2, 0.25) is 0 Å². The summed E-state index contributed by atoms with van der Waals surface area (Å²) in [5, 5.41) is 19.1. The van der Waals surface area contributed by atoms with Gasteiger partial charge in [0.1, 0.15) is 30.2 Å². The maximum Gasteiger partial charge on any atom is 0.245 e. The van der Waals surface area contributed by atoms with Gasteiger partial charge in [-0.1, -0.05) is 68.3 Å². The number of imidazole rings is 1. The number of carbonyl (C=O) groups is 9. The van der Waals surface area contributed by atoms with Gasteiger partial charge in [-0.15, -0.1) is 0 Å². The number of nitrogens with zero attached hydrogens (tertiary/aromatic N) is 2. The molecule has 0 saturated carbocycles. The lowest BCUT2D eigenvalue weighted by Gasteiger charge is -2.26. The van der Waals surface area contributed by atoms with Gasteiger partial charge >= 0.3 is 0 Å². The highest BCUT2D eigenvalue weighted by molar-refractivity contribution is 5.99. The van der Waals surface area contributed by atoms with E-state index in [9.17, 15) is 43.2 Å². The summed E-state index contributed by atoms with van der Waals surface area (Å²) < 4.78 is 0. The second kappa shape index (κ2) is 26.6. The molecule has 2 aromatic heterocycles. The number of aromatic nitrogens is 3. The molecular weight excluding hydrogens is 917 g/mol. The fraction of sp³-hybridized carbons (Fsp3) is 0.438. The number of nitrogens with one attached hydrogen (secondary N) is 9. The maximum atomic E-state index is 14.6. The number of carbonyl (C=O) groups excluding carboxylic acids is 9. The van der Waals surface area contributed by atoms with E-state index < -0.39 is 115 Å². The molecule has 1 aliphatic rings. The van der Waals surface area contributed by atoms with Crippen molar-refractivity contribution >= 4 is 69.9 Å². The van der Waals surface area contributed by atoms with Gasteiger partial charge in [0.25, 0.3) is 0 Å². The summed E-state index contributed by atoms with van der Waals surface area (Å²) >= 11 is 0. The first-order valence-electron chi connectivity index (χ1n) is 23.5. The smallest absolute Gasteiger partial charge is 0.245 e. The molecule has 23 nitrogen and oxygen atoms in total. The number of aromatic amines is 2. The summed E-state index contributed by atoms with van der Waals surface area (Å²) in [4.78, 5) is 139. The lowest BCUT2D eigenvalue weighted by molar-refractivity contribution is -0.136. The Bertz CT molecular complexity index is 2530. The van der Waals surface area contributed by atoms with Crippen LogP contribution in [0.1, 0.15) is 75.6 Å². The monoisotopic (exact) mass is 980 g/mol. The third-order valence-corrected chi connectivity index (χ3v) is 11.9. The number of H-pyrrole nitrogens is 2. The van der Waals surface area contributed by atoms with Gasteiger partial charge in [-0.25, -0.2) is 4.98 Å².